The molecule has 2 aromatic carbocycles. The molecule has 4 nitrogen and oxygen atoms in total. The van der Waals surface area contributed by atoms with Gasteiger partial charge in [-0.15, -0.1) is 0 Å². The summed E-state index contributed by atoms with van der Waals surface area (Å²) in [5.74, 6) is 1.93. The van der Waals surface area contributed by atoms with Gasteiger partial charge in [0.2, 0.25) is 5.91 Å². The van der Waals surface area contributed by atoms with Gasteiger partial charge in [-0.1, -0.05) is 38.1 Å². The summed E-state index contributed by atoms with van der Waals surface area (Å²) in [6.07, 6.45) is 4.03. The molecule has 3 aromatic rings. The molecule has 1 aromatic heterocycles. The molecular weight excluding hydrogens is 336 g/mol. The largest absolute Gasteiger partial charge is 0.457 e. The van der Waals surface area contributed by atoms with Crippen LogP contribution >= 0.6 is 0 Å². The molecule has 1 heterocycles. The maximum absolute atomic E-state index is 12.8. The van der Waals surface area contributed by atoms with Gasteiger partial charge in [-0.05, 0) is 53.9 Å². The second-order valence-electron chi connectivity index (χ2n) is 6.85. The number of rotatable bonds is 7. The molecule has 0 saturated heterocycles. The number of para-hydroxylation sites is 1. The van der Waals surface area contributed by atoms with Gasteiger partial charge in [-0.25, -0.2) is 0 Å². The minimum Gasteiger partial charge on any atom is -0.457 e. The number of aromatic nitrogens is 1. The fourth-order valence-corrected chi connectivity index (χ4v) is 2.78. The molecule has 4 heteroatoms. The highest BCUT2D eigenvalue weighted by Gasteiger charge is 2.17. The fraction of sp³-hybridized carbons (Fsp3) is 0.217. The standard InChI is InChI=1S/C23H24N2O2/c1-18(2)15-23(26)25(17-19-7-6-14-24-16-19)20-10-12-22(13-11-20)27-21-8-4-3-5-9-21/h3-14,16,18H,15,17H2,1-2H3. The van der Waals surface area contributed by atoms with Gasteiger partial charge >= 0.3 is 0 Å². The lowest BCUT2D eigenvalue weighted by molar-refractivity contribution is -0.119. The quantitative estimate of drug-likeness (QED) is 0.562. The zero-order chi connectivity index (χ0) is 19.1. The maximum Gasteiger partial charge on any atom is 0.227 e. The molecule has 0 saturated carbocycles. The van der Waals surface area contributed by atoms with Crippen LogP contribution in [0, 0.1) is 5.92 Å². The van der Waals surface area contributed by atoms with Crippen molar-refractivity contribution in [3.05, 3.63) is 84.7 Å². The Balaban J connectivity index is 1.79. The first-order valence-corrected chi connectivity index (χ1v) is 9.14. The highest BCUT2D eigenvalue weighted by Crippen LogP contribution is 2.26. The van der Waals surface area contributed by atoms with Gasteiger partial charge in [0.25, 0.3) is 0 Å². The van der Waals surface area contributed by atoms with Crippen molar-refractivity contribution in [1.29, 1.82) is 0 Å². The smallest absolute Gasteiger partial charge is 0.227 e. The van der Waals surface area contributed by atoms with Crippen LogP contribution in [0.4, 0.5) is 5.69 Å². The lowest BCUT2D eigenvalue weighted by Crippen LogP contribution is -2.31. The predicted octanol–water partition coefficient (Wildman–Crippen LogP) is 5.45. The Morgan fingerprint density at radius 2 is 1.67 bits per heavy atom. The van der Waals surface area contributed by atoms with E-state index in [1.54, 1.807) is 12.4 Å². The van der Waals surface area contributed by atoms with E-state index in [2.05, 4.69) is 18.8 Å². The van der Waals surface area contributed by atoms with E-state index in [4.69, 9.17) is 4.74 Å². The average Bonchev–Trinajstić information content (AvgIpc) is 2.68. The number of pyridine rings is 1. The van der Waals surface area contributed by atoms with E-state index in [1.807, 2.05) is 71.6 Å². The van der Waals surface area contributed by atoms with E-state index < -0.39 is 0 Å². The number of carbonyl (C=O) groups excluding carboxylic acids is 1. The average molecular weight is 360 g/mol. The summed E-state index contributed by atoms with van der Waals surface area (Å²) < 4.78 is 5.84. The Labute approximate surface area is 160 Å². The Morgan fingerprint density at radius 3 is 2.30 bits per heavy atom. The lowest BCUT2D eigenvalue weighted by Gasteiger charge is -2.24. The van der Waals surface area contributed by atoms with Gasteiger partial charge in [-0.3, -0.25) is 9.78 Å². The Morgan fingerprint density at radius 1 is 0.963 bits per heavy atom. The predicted molar refractivity (Wildman–Crippen MR) is 108 cm³/mol. The molecule has 0 unspecified atom stereocenters. The lowest BCUT2D eigenvalue weighted by atomic mass is 10.1. The summed E-state index contributed by atoms with van der Waals surface area (Å²) in [6.45, 7) is 4.60. The van der Waals surface area contributed by atoms with Crippen LogP contribution < -0.4 is 9.64 Å². The van der Waals surface area contributed by atoms with Crippen LogP contribution in [0.2, 0.25) is 0 Å². The molecule has 0 aliphatic rings. The molecule has 1 amide bonds. The van der Waals surface area contributed by atoms with Crippen molar-refractivity contribution in [2.45, 2.75) is 26.8 Å². The van der Waals surface area contributed by atoms with Crippen molar-refractivity contribution in [2.75, 3.05) is 4.90 Å². The van der Waals surface area contributed by atoms with E-state index in [0.29, 0.717) is 18.9 Å². The zero-order valence-electron chi connectivity index (χ0n) is 15.7. The summed E-state index contributed by atoms with van der Waals surface area (Å²) >= 11 is 0. The summed E-state index contributed by atoms with van der Waals surface area (Å²) in [4.78, 5) is 18.8. The van der Waals surface area contributed by atoms with Crippen LogP contribution in [-0.2, 0) is 11.3 Å². The van der Waals surface area contributed by atoms with Gasteiger partial charge in [0.15, 0.2) is 0 Å². The molecule has 0 fully saturated rings. The van der Waals surface area contributed by atoms with Crippen LogP contribution in [-0.4, -0.2) is 10.9 Å². The van der Waals surface area contributed by atoms with Crippen molar-refractivity contribution in [3.8, 4) is 11.5 Å². The SMILES string of the molecule is CC(C)CC(=O)N(Cc1cccnc1)c1ccc(Oc2ccccc2)cc1. The summed E-state index contributed by atoms with van der Waals surface area (Å²) in [6, 6.07) is 21.1. The molecular formula is C23H24N2O2. The monoisotopic (exact) mass is 360 g/mol. The van der Waals surface area contributed by atoms with Gasteiger partial charge < -0.3 is 9.64 Å². The van der Waals surface area contributed by atoms with Gasteiger partial charge in [0.05, 0.1) is 6.54 Å². The first kappa shape index (κ1) is 18.6. The minimum absolute atomic E-state index is 0.102. The maximum atomic E-state index is 12.8. The number of benzene rings is 2. The first-order chi connectivity index (χ1) is 13.1. The van der Waals surface area contributed by atoms with Crippen molar-refractivity contribution in [2.24, 2.45) is 5.92 Å². The topological polar surface area (TPSA) is 42.4 Å². The molecule has 0 aliphatic heterocycles. The number of anilines is 1. The second kappa shape index (κ2) is 8.99. The molecule has 0 atom stereocenters. The normalized spacial score (nSPS) is 10.6. The summed E-state index contributed by atoms with van der Waals surface area (Å²) in [7, 11) is 0. The van der Waals surface area contributed by atoms with Crippen LogP contribution in [0.3, 0.4) is 0 Å². The molecule has 0 bridgehead atoms. The van der Waals surface area contributed by atoms with E-state index >= 15 is 0 Å². The third kappa shape index (κ3) is 5.42. The zero-order valence-corrected chi connectivity index (χ0v) is 15.7. The highest BCUT2D eigenvalue weighted by atomic mass is 16.5. The van der Waals surface area contributed by atoms with E-state index in [1.165, 1.54) is 0 Å². The number of nitrogens with zero attached hydrogens (tertiary/aromatic N) is 2. The van der Waals surface area contributed by atoms with E-state index in [9.17, 15) is 4.79 Å². The van der Waals surface area contributed by atoms with Crippen LogP contribution in [0.5, 0.6) is 11.5 Å². The second-order valence-corrected chi connectivity index (χ2v) is 6.85. The number of amides is 1. The van der Waals surface area contributed by atoms with Crippen LogP contribution in [0.15, 0.2) is 79.1 Å². The third-order valence-corrected chi connectivity index (χ3v) is 4.07. The van der Waals surface area contributed by atoms with Gasteiger partial charge in [-0.2, -0.15) is 0 Å². The number of carbonyl (C=O) groups is 1. The molecule has 0 N–H and O–H groups in total. The van der Waals surface area contributed by atoms with Crippen molar-refractivity contribution >= 4 is 11.6 Å². The number of hydrogen-bond acceptors (Lipinski definition) is 3. The Bertz CT molecular complexity index is 847. The van der Waals surface area contributed by atoms with Gasteiger partial charge in [0.1, 0.15) is 11.5 Å². The highest BCUT2D eigenvalue weighted by molar-refractivity contribution is 5.93. The number of ether oxygens (including phenoxy) is 1. The van der Waals surface area contributed by atoms with E-state index in [0.717, 1.165) is 22.7 Å². The Kier molecular flexibility index (Phi) is 6.21. The van der Waals surface area contributed by atoms with Crippen molar-refractivity contribution in [3.63, 3.8) is 0 Å². The molecule has 27 heavy (non-hydrogen) atoms. The molecule has 0 spiro atoms. The fourth-order valence-electron chi connectivity index (χ4n) is 2.78. The molecule has 0 radical (unpaired) electrons. The third-order valence-electron chi connectivity index (χ3n) is 4.07. The number of hydrogen-bond donors (Lipinski definition) is 0. The van der Waals surface area contributed by atoms with Crippen LogP contribution in [0.25, 0.3) is 0 Å². The van der Waals surface area contributed by atoms with Crippen molar-refractivity contribution in [1.82, 2.24) is 4.98 Å². The Hall–Kier alpha value is -3.14. The first-order valence-electron chi connectivity index (χ1n) is 9.14. The van der Waals surface area contributed by atoms with Crippen molar-refractivity contribution < 1.29 is 9.53 Å². The molecule has 0 aliphatic carbocycles. The van der Waals surface area contributed by atoms with Crippen LogP contribution in [0.1, 0.15) is 25.8 Å². The minimum atomic E-state index is 0.102. The van der Waals surface area contributed by atoms with Gasteiger partial charge in [0, 0.05) is 24.5 Å². The molecule has 138 valence electrons. The van der Waals surface area contributed by atoms with E-state index in [-0.39, 0.29) is 5.91 Å². The summed E-state index contributed by atoms with van der Waals surface area (Å²) in [5, 5.41) is 0. The molecule has 3 rings (SSSR count). The summed E-state index contributed by atoms with van der Waals surface area (Å²) in [5.41, 5.74) is 1.85.